The monoisotopic (exact) mass is 324 g/mol. The van der Waals surface area contributed by atoms with Crippen LogP contribution in [0.4, 0.5) is 0 Å². The molecule has 1 aromatic heterocycles. The average Bonchev–Trinajstić information content (AvgIpc) is 2.68. The number of aryl methyl sites for hydroxylation is 2. The van der Waals surface area contributed by atoms with Crippen LogP contribution in [-0.2, 0) is 6.54 Å². The Kier molecular flexibility index (Phi) is 4.74. The first-order valence-electron chi connectivity index (χ1n) is 6.14. The molecule has 102 valence electrons. The summed E-state index contributed by atoms with van der Waals surface area (Å²) in [5, 5.41) is 13.3. The molecule has 1 atom stereocenters. The maximum atomic E-state index is 10.1. The summed E-state index contributed by atoms with van der Waals surface area (Å²) in [6.45, 7) is 4.76. The van der Waals surface area contributed by atoms with Crippen molar-refractivity contribution in [2.45, 2.75) is 26.5 Å². The van der Waals surface area contributed by atoms with Crippen LogP contribution in [0.15, 0.2) is 33.2 Å². The van der Waals surface area contributed by atoms with Gasteiger partial charge in [-0.1, -0.05) is 34.1 Å². The summed E-state index contributed by atoms with van der Waals surface area (Å²) in [4.78, 5) is 4.20. The second-order valence-corrected chi connectivity index (χ2v) is 5.26. The number of aliphatic hydroxyl groups excluding tert-OH is 1. The van der Waals surface area contributed by atoms with Gasteiger partial charge in [-0.15, -0.1) is 0 Å². The molecule has 0 fully saturated rings. The molecule has 1 heterocycles. The number of nitrogens with zero attached hydrogens (tertiary/aromatic N) is 1. The van der Waals surface area contributed by atoms with Gasteiger partial charge in [0.05, 0.1) is 18.3 Å². The minimum atomic E-state index is -0.556. The Bertz CT molecular complexity index is 554. The van der Waals surface area contributed by atoms with Crippen molar-refractivity contribution in [2.24, 2.45) is 0 Å². The first-order valence-corrected chi connectivity index (χ1v) is 6.93. The molecule has 0 amide bonds. The van der Waals surface area contributed by atoms with Gasteiger partial charge < -0.3 is 14.8 Å². The van der Waals surface area contributed by atoms with Crippen LogP contribution < -0.4 is 5.32 Å². The third-order valence-corrected chi connectivity index (χ3v) is 3.61. The van der Waals surface area contributed by atoms with Gasteiger partial charge in [0.25, 0.3) is 0 Å². The van der Waals surface area contributed by atoms with Gasteiger partial charge in [-0.25, -0.2) is 4.98 Å². The highest BCUT2D eigenvalue weighted by Crippen LogP contribution is 2.22. The molecule has 0 bridgehead atoms. The molecule has 4 nitrogen and oxygen atoms in total. The zero-order valence-electron chi connectivity index (χ0n) is 11.0. The van der Waals surface area contributed by atoms with Crippen LogP contribution in [0, 0.1) is 13.8 Å². The van der Waals surface area contributed by atoms with Crippen LogP contribution in [0.2, 0.25) is 0 Å². The summed E-state index contributed by atoms with van der Waals surface area (Å²) in [6.07, 6.45) is -0.556. The van der Waals surface area contributed by atoms with E-state index in [1.807, 2.05) is 38.1 Å². The number of hydrogen-bond donors (Lipinski definition) is 2. The number of halogens is 1. The predicted octanol–water partition coefficient (Wildman–Crippen LogP) is 2.88. The molecule has 0 saturated carbocycles. The molecular formula is C14H17BrN2O2. The number of rotatable bonds is 5. The van der Waals surface area contributed by atoms with Gasteiger partial charge in [0.1, 0.15) is 5.76 Å². The van der Waals surface area contributed by atoms with Crippen molar-refractivity contribution in [3.8, 4) is 0 Å². The molecule has 1 unspecified atom stereocenters. The van der Waals surface area contributed by atoms with Gasteiger partial charge in [-0.3, -0.25) is 0 Å². The van der Waals surface area contributed by atoms with E-state index in [0.717, 1.165) is 21.5 Å². The lowest BCUT2D eigenvalue weighted by molar-refractivity contribution is 0.172. The predicted molar refractivity (Wildman–Crippen MR) is 76.8 cm³/mol. The summed E-state index contributed by atoms with van der Waals surface area (Å²) < 4.78 is 6.37. The summed E-state index contributed by atoms with van der Waals surface area (Å²) in [5.41, 5.74) is 1.76. The van der Waals surface area contributed by atoms with Crippen molar-refractivity contribution >= 4 is 15.9 Å². The van der Waals surface area contributed by atoms with E-state index >= 15 is 0 Å². The van der Waals surface area contributed by atoms with E-state index in [9.17, 15) is 5.11 Å². The molecule has 0 aliphatic heterocycles. The Labute approximate surface area is 121 Å². The Morgan fingerprint density at radius 1 is 1.37 bits per heavy atom. The molecule has 2 rings (SSSR count). The second kappa shape index (κ2) is 6.32. The first kappa shape index (κ1) is 14.2. The van der Waals surface area contributed by atoms with Crippen LogP contribution in [0.25, 0.3) is 0 Å². The number of aromatic nitrogens is 1. The first-order chi connectivity index (χ1) is 9.08. The number of aliphatic hydroxyl groups is 1. The fraction of sp³-hybridized carbons (Fsp3) is 0.357. The van der Waals surface area contributed by atoms with Crippen LogP contribution in [0.3, 0.4) is 0 Å². The highest BCUT2D eigenvalue weighted by Gasteiger charge is 2.11. The Balaban J connectivity index is 1.89. The fourth-order valence-corrected chi connectivity index (χ4v) is 2.46. The molecule has 2 aromatic rings. The van der Waals surface area contributed by atoms with Crippen LogP contribution in [0.1, 0.15) is 29.0 Å². The van der Waals surface area contributed by atoms with E-state index in [1.165, 1.54) is 0 Å². The van der Waals surface area contributed by atoms with Crippen molar-refractivity contribution in [2.75, 3.05) is 6.54 Å². The smallest absolute Gasteiger partial charge is 0.191 e. The van der Waals surface area contributed by atoms with Crippen LogP contribution >= 0.6 is 15.9 Å². The van der Waals surface area contributed by atoms with E-state index in [0.29, 0.717) is 19.0 Å². The quantitative estimate of drug-likeness (QED) is 0.887. The number of nitrogens with one attached hydrogen (secondary N) is 1. The number of hydrogen-bond acceptors (Lipinski definition) is 4. The molecule has 0 aliphatic rings. The molecule has 5 heteroatoms. The fourth-order valence-electron chi connectivity index (χ4n) is 1.92. The van der Waals surface area contributed by atoms with Crippen molar-refractivity contribution < 1.29 is 9.52 Å². The van der Waals surface area contributed by atoms with E-state index in [-0.39, 0.29) is 0 Å². The summed E-state index contributed by atoms with van der Waals surface area (Å²) >= 11 is 3.43. The summed E-state index contributed by atoms with van der Waals surface area (Å²) in [7, 11) is 0. The lowest BCUT2D eigenvalue weighted by atomic mass is 10.1. The third kappa shape index (κ3) is 3.65. The minimum absolute atomic E-state index is 0.460. The maximum Gasteiger partial charge on any atom is 0.191 e. The highest BCUT2D eigenvalue weighted by molar-refractivity contribution is 9.10. The molecule has 19 heavy (non-hydrogen) atoms. The average molecular weight is 325 g/mol. The van der Waals surface area contributed by atoms with E-state index < -0.39 is 6.10 Å². The van der Waals surface area contributed by atoms with Crippen LogP contribution in [-0.4, -0.2) is 16.6 Å². The zero-order valence-corrected chi connectivity index (χ0v) is 12.6. The second-order valence-electron chi connectivity index (χ2n) is 4.41. The van der Waals surface area contributed by atoms with E-state index in [4.69, 9.17) is 4.42 Å². The molecule has 0 radical (unpaired) electrons. The largest absolute Gasteiger partial charge is 0.444 e. The number of benzene rings is 1. The summed E-state index contributed by atoms with van der Waals surface area (Å²) in [6, 6.07) is 7.66. The molecule has 0 saturated heterocycles. The van der Waals surface area contributed by atoms with Crippen molar-refractivity contribution in [3.63, 3.8) is 0 Å². The molecule has 0 aliphatic carbocycles. The zero-order chi connectivity index (χ0) is 13.8. The normalized spacial score (nSPS) is 12.6. The molecule has 0 spiro atoms. The number of oxazole rings is 1. The summed E-state index contributed by atoms with van der Waals surface area (Å²) in [5.74, 6) is 1.48. The van der Waals surface area contributed by atoms with Crippen molar-refractivity contribution in [1.82, 2.24) is 10.3 Å². The SMILES string of the molecule is Cc1nc(C)c(CNCC(O)c2ccccc2Br)o1. The van der Waals surface area contributed by atoms with Crippen molar-refractivity contribution in [1.29, 1.82) is 0 Å². The van der Waals surface area contributed by atoms with Gasteiger partial charge in [0.15, 0.2) is 5.89 Å². The maximum absolute atomic E-state index is 10.1. The molecule has 1 aromatic carbocycles. The lowest BCUT2D eigenvalue weighted by Gasteiger charge is -2.13. The lowest BCUT2D eigenvalue weighted by Crippen LogP contribution is -2.21. The van der Waals surface area contributed by atoms with Gasteiger partial charge in [0.2, 0.25) is 0 Å². The molecule has 2 N–H and O–H groups in total. The van der Waals surface area contributed by atoms with Gasteiger partial charge >= 0.3 is 0 Å². The Morgan fingerprint density at radius 3 is 2.74 bits per heavy atom. The van der Waals surface area contributed by atoms with Gasteiger partial charge in [-0.2, -0.15) is 0 Å². The third-order valence-electron chi connectivity index (χ3n) is 2.89. The van der Waals surface area contributed by atoms with E-state index in [1.54, 1.807) is 0 Å². The topological polar surface area (TPSA) is 58.3 Å². The van der Waals surface area contributed by atoms with Gasteiger partial charge in [-0.05, 0) is 18.6 Å². The Morgan fingerprint density at radius 2 is 2.11 bits per heavy atom. The van der Waals surface area contributed by atoms with Crippen LogP contribution in [0.5, 0.6) is 0 Å². The van der Waals surface area contributed by atoms with E-state index in [2.05, 4.69) is 26.2 Å². The van der Waals surface area contributed by atoms with Crippen molar-refractivity contribution in [3.05, 3.63) is 51.6 Å². The van der Waals surface area contributed by atoms with Gasteiger partial charge in [0, 0.05) is 17.9 Å². The Hall–Kier alpha value is -1.17. The minimum Gasteiger partial charge on any atom is -0.444 e. The molecular weight excluding hydrogens is 308 g/mol. The highest BCUT2D eigenvalue weighted by atomic mass is 79.9. The standard InChI is InChI=1S/C14H17BrN2O2/c1-9-14(19-10(2)17-9)8-16-7-13(18)11-5-3-4-6-12(11)15/h3-6,13,16,18H,7-8H2,1-2H3.